The van der Waals surface area contributed by atoms with E-state index in [2.05, 4.69) is 5.32 Å². The number of phenols is 1. The molecule has 0 aromatic heterocycles. The number of nitrogens with one attached hydrogen (secondary N) is 1. The van der Waals surface area contributed by atoms with Gasteiger partial charge in [-0.15, -0.1) is 0 Å². The van der Waals surface area contributed by atoms with Crippen LogP contribution in [0, 0.1) is 0 Å². The van der Waals surface area contributed by atoms with E-state index in [0.717, 1.165) is 5.56 Å². The van der Waals surface area contributed by atoms with Gasteiger partial charge in [-0.25, -0.2) is 0 Å². The molecule has 0 bridgehead atoms. The number of amides is 1. The van der Waals surface area contributed by atoms with E-state index in [1.807, 2.05) is 12.1 Å². The third-order valence-corrected chi connectivity index (χ3v) is 3.22. The molecule has 0 aliphatic carbocycles. The Hall–Kier alpha value is -2.20. The van der Waals surface area contributed by atoms with Crippen molar-refractivity contribution in [3.63, 3.8) is 0 Å². The Morgan fingerprint density at radius 2 is 1.90 bits per heavy atom. The van der Waals surface area contributed by atoms with Crippen molar-refractivity contribution in [1.82, 2.24) is 5.32 Å². The lowest BCUT2D eigenvalue weighted by Crippen LogP contribution is -2.26. The van der Waals surface area contributed by atoms with Crippen LogP contribution in [0.4, 0.5) is 5.69 Å². The molecule has 1 amide bonds. The molecule has 2 aromatic rings. The molecule has 104 valence electrons. The van der Waals surface area contributed by atoms with Crippen LogP contribution in [0.25, 0.3) is 0 Å². The van der Waals surface area contributed by atoms with Crippen molar-refractivity contribution < 1.29 is 9.90 Å². The van der Waals surface area contributed by atoms with Gasteiger partial charge in [0.25, 0.3) is 5.91 Å². The average molecular weight is 291 g/mol. The van der Waals surface area contributed by atoms with Gasteiger partial charge in [-0.2, -0.15) is 0 Å². The highest BCUT2D eigenvalue weighted by atomic mass is 35.5. The SMILES string of the molecule is Nc1cccc(Cl)c1C(=O)NCCc1ccc(O)cc1. The number of hydrogen-bond donors (Lipinski definition) is 3. The van der Waals surface area contributed by atoms with Gasteiger partial charge in [0.1, 0.15) is 5.75 Å². The molecular weight excluding hydrogens is 276 g/mol. The summed E-state index contributed by atoms with van der Waals surface area (Å²) >= 11 is 5.97. The summed E-state index contributed by atoms with van der Waals surface area (Å²) in [6.07, 6.45) is 0.663. The van der Waals surface area contributed by atoms with Crippen molar-refractivity contribution in [1.29, 1.82) is 0 Å². The van der Waals surface area contributed by atoms with Gasteiger partial charge in [0.15, 0.2) is 0 Å². The van der Waals surface area contributed by atoms with E-state index in [9.17, 15) is 9.90 Å². The summed E-state index contributed by atoms with van der Waals surface area (Å²) in [6, 6.07) is 11.8. The van der Waals surface area contributed by atoms with Gasteiger partial charge in [-0.3, -0.25) is 4.79 Å². The summed E-state index contributed by atoms with van der Waals surface area (Å²) in [4.78, 5) is 12.0. The molecule has 0 aliphatic heterocycles. The van der Waals surface area contributed by atoms with Crippen molar-refractivity contribution in [2.45, 2.75) is 6.42 Å². The minimum absolute atomic E-state index is 0.224. The summed E-state index contributed by atoms with van der Waals surface area (Å²) < 4.78 is 0. The number of halogens is 1. The molecule has 4 nitrogen and oxygen atoms in total. The minimum atomic E-state index is -0.285. The minimum Gasteiger partial charge on any atom is -0.508 e. The van der Waals surface area contributed by atoms with Crippen LogP contribution in [-0.4, -0.2) is 17.6 Å². The Bertz CT molecular complexity index is 592. The molecule has 0 radical (unpaired) electrons. The van der Waals surface area contributed by atoms with Crippen molar-refractivity contribution in [2.75, 3.05) is 12.3 Å². The van der Waals surface area contributed by atoms with E-state index in [0.29, 0.717) is 29.2 Å². The molecule has 0 unspecified atom stereocenters. The second-order valence-electron chi connectivity index (χ2n) is 4.38. The van der Waals surface area contributed by atoms with Crippen LogP contribution < -0.4 is 11.1 Å². The van der Waals surface area contributed by atoms with E-state index in [4.69, 9.17) is 17.3 Å². The van der Waals surface area contributed by atoms with Gasteiger partial charge in [0.05, 0.1) is 10.6 Å². The van der Waals surface area contributed by atoms with Crippen molar-refractivity contribution in [3.05, 3.63) is 58.6 Å². The molecule has 5 heteroatoms. The molecule has 4 N–H and O–H groups in total. The molecule has 20 heavy (non-hydrogen) atoms. The number of rotatable bonds is 4. The number of nitrogens with two attached hydrogens (primary N) is 1. The Kier molecular flexibility index (Phi) is 4.48. The maximum Gasteiger partial charge on any atom is 0.254 e. The third-order valence-electron chi connectivity index (χ3n) is 2.91. The lowest BCUT2D eigenvalue weighted by Gasteiger charge is -2.09. The molecule has 0 heterocycles. The van der Waals surface area contributed by atoms with Crippen LogP contribution in [0.3, 0.4) is 0 Å². The topological polar surface area (TPSA) is 75.4 Å². The fourth-order valence-electron chi connectivity index (χ4n) is 1.85. The number of hydrogen-bond acceptors (Lipinski definition) is 3. The first-order valence-corrected chi connectivity index (χ1v) is 6.56. The predicted octanol–water partition coefficient (Wildman–Crippen LogP) is 2.60. The number of aromatic hydroxyl groups is 1. The summed E-state index contributed by atoms with van der Waals surface area (Å²) in [7, 11) is 0. The fraction of sp³-hybridized carbons (Fsp3) is 0.133. The fourth-order valence-corrected chi connectivity index (χ4v) is 2.12. The van der Waals surface area contributed by atoms with Crippen LogP contribution in [0.2, 0.25) is 5.02 Å². The Labute approximate surface area is 122 Å². The first-order valence-electron chi connectivity index (χ1n) is 6.18. The second kappa shape index (κ2) is 6.30. The van der Waals surface area contributed by atoms with Crippen LogP contribution in [0.1, 0.15) is 15.9 Å². The monoisotopic (exact) mass is 290 g/mol. The standard InChI is InChI=1S/C15H15ClN2O2/c16-12-2-1-3-13(17)14(12)15(20)18-9-8-10-4-6-11(19)7-5-10/h1-7,19H,8-9,17H2,(H,18,20). The van der Waals surface area contributed by atoms with E-state index >= 15 is 0 Å². The molecule has 0 aliphatic rings. The molecule has 0 fully saturated rings. The summed E-state index contributed by atoms with van der Waals surface area (Å²) in [5, 5.41) is 12.3. The van der Waals surface area contributed by atoms with E-state index < -0.39 is 0 Å². The molecule has 0 spiro atoms. The highest BCUT2D eigenvalue weighted by Crippen LogP contribution is 2.21. The third kappa shape index (κ3) is 3.42. The highest BCUT2D eigenvalue weighted by Gasteiger charge is 2.12. The van der Waals surface area contributed by atoms with E-state index in [1.54, 1.807) is 30.3 Å². The van der Waals surface area contributed by atoms with E-state index in [1.165, 1.54) is 0 Å². The van der Waals surface area contributed by atoms with Crippen LogP contribution in [-0.2, 0) is 6.42 Å². The average Bonchev–Trinajstić information content (AvgIpc) is 2.41. The molecule has 2 aromatic carbocycles. The Balaban J connectivity index is 1.94. The van der Waals surface area contributed by atoms with Gasteiger partial charge in [-0.05, 0) is 36.2 Å². The number of anilines is 1. The zero-order chi connectivity index (χ0) is 14.5. The number of carbonyl (C=O) groups excluding carboxylic acids is 1. The van der Waals surface area contributed by atoms with Gasteiger partial charge in [-0.1, -0.05) is 29.8 Å². The van der Waals surface area contributed by atoms with Gasteiger partial charge < -0.3 is 16.2 Å². The number of carbonyl (C=O) groups is 1. The maximum atomic E-state index is 12.0. The molecule has 0 saturated carbocycles. The molecule has 0 saturated heterocycles. The zero-order valence-corrected chi connectivity index (χ0v) is 11.5. The first-order chi connectivity index (χ1) is 9.58. The Morgan fingerprint density at radius 1 is 1.20 bits per heavy atom. The number of benzene rings is 2. The van der Waals surface area contributed by atoms with Crippen LogP contribution in [0.5, 0.6) is 5.75 Å². The largest absolute Gasteiger partial charge is 0.508 e. The van der Waals surface area contributed by atoms with Crippen LogP contribution in [0.15, 0.2) is 42.5 Å². The van der Waals surface area contributed by atoms with Crippen molar-refractivity contribution in [2.24, 2.45) is 0 Å². The van der Waals surface area contributed by atoms with Gasteiger partial charge >= 0.3 is 0 Å². The lowest BCUT2D eigenvalue weighted by atomic mass is 10.1. The van der Waals surface area contributed by atoms with Gasteiger partial charge in [0, 0.05) is 12.2 Å². The molecule has 0 atom stereocenters. The van der Waals surface area contributed by atoms with Crippen molar-refractivity contribution >= 4 is 23.2 Å². The second-order valence-corrected chi connectivity index (χ2v) is 4.78. The zero-order valence-electron chi connectivity index (χ0n) is 10.8. The smallest absolute Gasteiger partial charge is 0.254 e. The van der Waals surface area contributed by atoms with Crippen LogP contribution >= 0.6 is 11.6 Å². The predicted molar refractivity (Wildman–Crippen MR) is 80.0 cm³/mol. The Morgan fingerprint density at radius 3 is 2.55 bits per heavy atom. The highest BCUT2D eigenvalue weighted by molar-refractivity contribution is 6.34. The first kappa shape index (κ1) is 14.2. The van der Waals surface area contributed by atoms with Gasteiger partial charge in [0.2, 0.25) is 0 Å². The summed E-state index contributed by atoms with van der Waals surface area (Å²) in [5.74, 6) is -0.0616. The lowest BCUT2D eigenvalue weighted by molar-refractivity contribution is 0.0955. The number of nitrogen functional groups attached to an aromatic ring is 1. The van der Waals surface area contributed by atoms with Crippen molar-refractivity contribution in [3.8, 4) is 5.75 Å². The molecule has 2 rings (SSSR count). The maximum absolute atomic E-state index is 12.0. The normalized spacial score (nSPS) is 10.2. The number of phenolic OH excluding ortho intramolecular Hbond substituents is 1. The quantitative estimate of drug-likeness (QED) is 0.758. The summed E-state index contributed by atoms with van der Waals surface area (Å²) in [5.41, 5.74) is 7.44. The molecular formula is C15H15ClN2O2. The summed E-state index contributed by atoms with van der Waals surface area (Å²) in [6.45, 7) is 0.467. The van der Waals surface area contributed by atoms with E-state index in [-0.39, 0.29) is 11.7 Å².